The average molecular weight is 629 g/mol. The number of rotatable bonds is 4. The van der Waals surface area contributed by atoms with Crippen LogP contribution in [0.5, 0.6) is 0 Å². The summed E-state index contributed by atoms with van der Waals surface area (Å²) in [5, 5.41) is 1.00. The van der Waals surface area contributed by atoms with Crippen LogP contribution in [0.1, 0.15) is 23.2 Å². The van der Waals surface area contributed by atoms with E-state index < -0.39 is 53.6 Å². The Hall–Kier alpha value is -2.27. The lowest BCUT2D eigenvalue weighted by molar-refractivity contribution is 0.228. The third-order valence-corrected chi connectivity index (χ3v) is 9.75. The van der Waals surface area contributed by atoms with Gasteiger partial charge in [-0.2, -0.15) is 0 Å². The first kappa shape index (κ1) is 23.5. The molecule has 0 spiro atoms. The molecule has 10 heteroatoms. The lowest BCUT2D eigenvalue weighted by atomic mass is 9.94. The Kier molecular flexibility index (Phi) is 6.26. The average Bonchev–Trinajstić information content (AvgIpc) is 3.17. The second kappa shape index (κ2) is 9.07. The van der Waals surface area contributed by atoms with Gasteiger partial charge in [-0.1, -0.05) is 59.6 Å². The summed E-state index contributed by atoms with van der Waals surface area (Å²) in [5.74, 6) is -0.669. The SMILES string of the molecule is O=C1I=CC=C2N1[C@@H](c1ccc(Cl)cc1)[C@@H](c1ccc(Cl)cc1)N2S(=O)(=O)c1ccccc1F. The van der Waals surface area contributed by atoms with Gasteiger partial charge >= 0.3 is 0 Å². The molecule has 5 nitrogen and oxygen atoms in total. The predicted molar refractivity (Wildman–Crippen MR) is 139 cm³/mol. The van der Waals surface area contributed by atoms with Crippen LogP contribution in [0, 0.1) is 5.82 Å². The van der Waals surface area contributed by atoms with Crippen molar-refractivity contribution in [1.29, 1.82) is 0 Å². The quantitative estimate of drug-likeness (QED) is 0.184. The van der Waals surface area contributed by atoms with Crippen LogP contribution in [0.2, 0.25) is 10.0 Å². The van der Waals surface area contributed by atoms with Gasteiger partial charge in [0.15, 0.2) is 0 Å². The van der Waals surface area contributed by atoms with Crippen LogP contribution in [-0.4, -0.2) is 25.5 Å². The van der Waals surface area contributed by atoms with Crippen molar-refractivity contribution in [3.8, 4) is 0 Å². The largest absolute Gasteiger partial charge is 0.283 e. The molecule has 0 aromatic heterocycles. The lowest BCUT2D eigenvalue weighted by Crippen LogP contribution is -2.33. The van der Waals surface area contributed by atoms with E-state index in [1.54, 1.807) is 58.6 Å². The van der Waals surface area contributed by atoms with E-state index in [9.17, 15) is 17.6 Å². The molecule has 2 aliphatic rings. The zero-order valence-corrected chi connectivity index (χ0v) is 21.8. The van der Waals surface area contributed by atoms with Crippen molar-refractivity contribution in [3.05, 3.63) is 112 Å². The van der Waals surface area contributed by atoms with Gasteiger partial charge in [0.2, 0.25) is 0 Å². The molecule has 5 rings (SSSR count). The van der Waals surface area contributed by atoms with Crippen LogP contribution in [0.3, 0.4) is 0 Å². The van der Waals surface area contributed by atoms with Crippen LogP contribution in [-0.2, 0) is 10.0 Å². The monoisotopic (exact) mass is 628 g/mol. The number of benzene rings is 3. The predicted octanol–water partition coefficient (Wildman–Crippen LogP) is 6.67. The number of halogens is 4. The second-order valence-electron chi connectivity index (χ2n) is 7.61. The summed E-state index contributed by atoms with van der Waals surface area (Å²) in [6, 6.07) is 17.4. The van der Waals surface area contributed by atoms with Crippen molar-refractivity contribution < 1.29 is 17.6 Å². The van der Waals surface area contributed by atoms with Gasteiger partial charge in [-0.25, -0.2) is 17.1 Å². The standard InChI is InChI=1S/C24H16Cl2FIN2O3S/c25-17-9-5-15(6-10-17)22-23(16-7-11-18(26)12-8-16)30(21-13-14-28-24(31)29(21)22)34(32,33)20-4-2-1-3-19(20)27/h1-14,22-23H/t22-,23+/m0/s1. The highest BCUT2D eigenvalue weighted by Gasteiger charge is 2.53. The summed E-state index contributed by atoms with van der Waals surface area (Å²) in [7, 11) is -4.39. The van der Waals surface area contributed by atoms with E-state index in [2.05, 4.69) is 0 Å². The Morgan fingerprint density at radius 2 is 1.38 bits per heavy atom. The van der Waals surface area contributed by atoms with E-state index in [1.165, 1.54) is 23.1 Å². The number of allylic oxidation sites excluding steroid dienone is 1. The first-order chi connectivity index (χ1) is 16.3. The minimum atomic E-state index is -4.39. The van der Waals surface area contributed by atoms with Gasteiger partial charge in [0.25, 0.3) is 13.9 Å². The van der Waals surface area contributed by atoms with Gasteiger partial charge in [-0.05, 0) is 78.3 Å². The number of nitrogens with zero attached hydrogens (tertiary/aromatic N) is 2. The number of carbonyl (C=O) groups is 1. The summed E-state index contributed by atoms with van der Waals surface area (Å²) in [6.07, 6.45) is 1.64. The third-order valence-electron chi connectivity index (χ3n) is 5.66. The number of hydrogen-bond donors (Lipinski definition) is 0. The fourth-order valence-electron chi connectivity index (χ4n) is 4.21. The van der Waals surface area contributed by atoms with Gasteiger partial charge in [-0.15, -0.1) is 0 Å². The second-order valence-corrected chi connectivity index (χ2v) is 12.5. The molecule has 174 valence electrons. The molecule has 1 saturated heterocycles. The highest BCUT2D eigenvalue weighted by Crippen LogP contribution is 2.53. The molecule has 2 aliphatic heterocycles. The Morgan fingerprint density at radius 3 is 1.97 bits per heavy atom. The number of carbonyl (C=O) groups excluding carboxylic acids is 1. The molecule has 34 heavy (non-hydrogen) atoms. The normalized spacial score (nSPS) is 20.1. The fourth-order valence-corrected chi connectivity index (χ4v) is 7.83. The smallest absolute Gasteiger partial charge is 0.279 e. The van der Waals surface area contributed by atoms with Crippen LogP contribution < -0.4 is 0 Å². The van der Waals surface area contributed by atoms with E-state index in [0.29, 0.717) is 21.2 Å². The summed E-state index contributed by atoms with van der Waals surface area (Å²) >= 11 is 11.2. The van der Waals surface area contributed by atoms with E-state index >= 15 is 0 Å². The highest BCUT2D eigenvalue weighted by atomic mass is 127. The van der Waals surface area contributed by atoms with Crippen molar-refractivity contribution in [2.45, 2.75) is 17.0 Å². The Balaban J connectivity index is 1.79. The molecule has 0 saturated carbocycles. The van der Waals surface area contributed by atoms with Crippen LogP contribution in [0.4, 0.5) is 9.18 Å². The van der Waals surface area contributed by atoms with E-state index in [4.69, 9.17) is 23.2 Å². The first-order valence-electron chi connectivity index (χ1n) is 10.1. The minimum Gasteiger partial charge on any atom is -0.279 e. The van der Waals surface area contributed by atoms with Crippen molar-refractivity contribution in [1.82, 2.24) is 9.21 Å². The Labute approximate surface area is 216 Å². The highest BCUT2D eigenvalue weighted by molar-refractivity contribution is 14.2. The van der Waals surface area contributed by atoms with Gasteiger partial charge < -0.3 is 0 Å². The number of hydrogen-bond acceptors (Lipinski definition) is 3. The van der Waals surface area contributed by atoms with Gasteiger partial charge in [0.1, 0.15) is 16.5 Å². The van der Waals surface area contributed by atoms with Crippen LogP contribution in [0.25, 0.3) is 0 Å². The molecule has 0 N–H and O–H groups in total. The minimum absolute atomic E-state index is 0.151. The van der Waals surface area contributed by atoms with Crippen LogP contribution >= 0.6 is 43.9 Å². The molecule has 0 aliphatic carbocycles. The molecule has 2 heterocycles. The molecule has 1 amide bonds. The molecular weight excluding hydrogens is 613 g/mol. The topological polar surface area (TPSA) is 57.7 Å². The molecular formula is C24H16Cl2FIN2O3S. The maximum atomic E-state index is 14.7. The Morgan fingerprint density at radius 1 is 0.824 bits per heavy atom. The van der Waals surface area contributed by atoms with Crippen molar-refractivity contribution in [2.24, 2.45) is 0 Å². The fraction of sp³-hybridized carbons (Fsp3) is 0.0833. The van der Waals surface area contributed by atoms with Crippen molar-refractivity contribution in [3.63, 3.8) is 0 Å². The molecule has 0 bridgehead atoms. The van der Waals surface area contributed by atoms with Gasteiger partial charge in [0, 0.05) is 10.0 Å². The third kappa shape index (κ3) is 3.96. The van der Waals surface area contributed by atoms with E-state index in [0.717, 1.165) is 10.4 Å². The van der Waals surface area contributed by atoms with Crippen molar-refractivity contribution >= 4 is 61.9 Å². The molecule has 0 unspecified atom stereocenters. The summed E-state index contributed by atoms with van der Waals surface area (Å²) < 4.78 is 45.4. The van der Waals surface area contributed by atoms with Gasteiger partial charge in [0.05, 0.1) is 12.1 Å². The first-order valence-corrected chi connectivity index (χ1v) is 14.6. The number of fused-ring (bicyclic) bond motifs is 1. The molecule has 0 radical (unpaired) electrons. The summed E-state index contributed by atoms with van der Waals surface area (Å²) in [5.41, 5.74) is 1.33. The summed E-state index contributed by atoms with van der Waals surface area (Å²) in [6.45, 7) is 0. The summed E-state index contributed by atoms with van der Waals surface area (Å²) in [4.78, 5) is 14.3. The number of sulfonamides is 1. The maximum absolute atomic E-state index is 14.7. The molecule has 3 aromatic rings. The van der Waals surface area contributed by atoms with Gasteiger partial charge in [-0.3, -0.25) is 9.69 Å². The van der Waals surface area contributed by atoms with E-state index in [-0.39, 0.29) is 9.73 Å². The zero-order valence-electron chi connectivity index (χ0n) is 17.3. The molecule has 3 aromatic carbocycles. The van der Waals surface area contributed by atoms with E-state index in [1.807, 2.05) is 0 Å². The van der Waals surface area contributed by atoms with Crippen molar-refractivity contribution in [2.75, 3.05) is 0 Å². The van der Waals surface area contributed by atoms with Crippen LogP contribution in [0.15, 0.2) is 89.6 Å². The molecule has 1 fully saturated rings. The lowest BCUT2D eigenvalue weighted by Gasteiger charge is -2.28. The number of amides is 1. The zero-order chi connectivity index (χ0) is 24.0. The Bertz CT molecular complexity index is 1440. The maximum Gasteiger partial charge on any atom is 0.283 e. The molecule has 2 atom stereocenters.